The molecule has 0 aliphatic carbocycles. The highest BCUT2D eigenvalue weighted by atomic mass is 32.1. The highest BCUT2D eigenvalue weighted by Gasteiger charge is 2.13. The summed E-state index contributed by atoms with van der Waals surface area (Å²) in [6.07, 6.45) is 0. The molecule has 1 heterocycles. The predicted molar refractivity (Wildman–Crippen MR) is 98.6 cm³/mol. The monoisotopic (exact) mass is 338 g/mol. The maximum atomic E-state index is 12.5. The summed E-state index contributed by atoms with van der Waals surface area (Å²) in [5, 5.41) is 6.75. The fourth-order valence-electron chi connectivity index (χ4n) is 2.34. The molecule has 3 N–H and O–H groups in total. The van der Waals surface area contributed by atoms with Gasteiger partial charge in [-0.2, -0.15) is 0 Å². The molecule has 3 rings (SSSR count). The molecule has 0 aliphatic heterocycles. The standard InChI is InChI=1S/C19H18N2O2S/c1-13-16(19(22)21-15-6-3-2-4-7-15)8-5-9-18(13)23-10-14-11-24-12-17(14)20/h2-9,11-12H,10,20H2,1H3,(H,21,22). The van der Waals surface area contributed by atoms with E-state index in [2.05, 4.69) is 5.32 Å². The van der Waals surface area contributed by atoms with Crippen molar-refractivity contribution < 1.29 is 9.53 Å². The van der Waals surface area contributed by atoms with Gasteiger partial charge in [-0.1, -0.05) is 24.3 Å². The van der Waals surface area contributed by atoms with E-state index in [1.807, 2.05) is 60.1 Å². The Morgan fingerprint density at radius 3 is 2.62 bits per heavy atom. The van der Waals surface area contributed by atoms with Gasteiger partial charge in [0.2, 0.25) is 0 Å². The summed E-state index contributed by atoms with van der Waals surface area (Å²) in [5.74, 6) is 0.528. The summed E-state index contributed by atoms with van der Waals surface area (Å²) in [6.45, 7) is 2.27. The number of carbonyl (C=O) groups excluding carboxylic acids is 1. The van der Waals surface area contributed by atoms with Gasteiger partial charge in [-0.05, 0) is 36.6 Å². The number of nitrogens with one attached hydrogen (secondary N) is 1. The first-order chi connectivity index (χ1) is 11.6. The first-order valence-electron chi connectivity index (χ1n) is 7.54. The van der Waals surface area contributed by atoms with Crippen LogP contribution in [-0.2, 0) is 6.61 Å². The van der Waals surface area contributed by atoms with Crippen LogP contribution in [0, 0.1) is 6.92 Å². The van der Waals surface area contributed by atoms with E-state index >= 15 is 0 Å². The molecule has 0 bridgehead atoms. The molecule has 0 unspecified atom stereocenters. The third-order valence-corrected chi connectivity index (χ3v) is 4.53. The van der Waals surface area contributed by atoms with Crippen molar-refractivity contribution in [3.8, 4) is 5.75 Å². The molecular formula is C19H18N2O2S. The topological polar surface area (TPSA) is 64.3 Å². The second-order valence-corrected chi connectivity index (χ2v) is 6.13. The van der Waals surface area contributed by atoms with Crippen molar-refractivity contribution >= 4 is 28.6 Å². The van der Waals surface area contributed by atoms with Crippen molar-refractivity contribution in [2.24, 2.45) is 0 Å². The Kier molecular flexibility index (Phi) is 4.82. The summed E-state index contributed by atoms with van der Waals surface area (Å²) in [4.78, 5) is 12.5. The molecule has 4 nitrogen and oxygen atoms in total. The molecular weight excluding hydrogens is 320 g/mol. The van der Waals surface area contributed by atoms with Gasteiger partial charge < -0.3 is 15.8 Å². The van der Waals surface area contributed by atoms with E-state index in [1.165, 1.54) is 0 Å². The normalized spacial score (nSPS) is 10.4. The molecule has 0 radical (unpaired) electrons. The Labute approximate surface area is 144 Å². The van der Waals surface area contributed by atoms with Crippen molar-refractivity contribution in [2.75, 3.05) is 11.1 Å². The molecule has 122 valence electrons. The van der Waals surface area contributed by atoms with E-state index in [1.54, 1.807) is 17.4 Å². The van der Waals surface area contributed by atoms with Crippen LogP contribution < -0.4 is 15.8 Å². The minimum Gasteiger partial charge on any atom is -0.488 e. The largest absolute Gasteiger partial charge is 0.488 e. The molecule has 0 fully saturated rings. The number of amides is 1. The lowest BCUT2D eigenvalue weighted by molar-refractivity contribution is 0.102. The van der Waals surface area contributed by atoms with Gasteiger partial charge >= 0.3 is 0 Å². The molecule has 1 amide bonds. The van der Waals surface area contributed by atoms with Gasteiger partial charge in [0.25, 0.3) is 5.91 Å². The van der Waals surface area contributed by atoms with Crippen LogP contribution in [0.4, 0.5) is 11.4 Å². The van der Waals surface area contributed by atoms with E-state index < -0.39 is 0 Å². The number of carbonyl (C=O) groups is 1. The first-order valence-corrected chi connectivity index (χ1v) is 8.49. The number of hydrogen-bond donors (Lipinski definition) is 2. The van der Waals surface area contributed by atoms with Crippen LogP contribution in [0.1, 0.15) is 21.5 Å². The van der Waals surface area contributed by atoms with Gasteiger partial charge in [0, 0.05) is 33.4 Å². The number of thiophene rings is 1. The summed E-state index contributed by atoms with van der Waals surface area (Å²) in [5.41, 5.74) is 9.72. The molecule has 24 heavy (non-hydrogen) atoms. The van der Waals surface area contributed by atoms with Crippen molar-refractivity contribution in [1.29, 1.82) is 0 Å². The lowest BCUT2D eigenvalue weighted by Crippen LogP contribution is -2.13. The maximum Gasteiger partial charge on any atom is 0.256 e. The quantitative estimate of drug-likeness (QED) is 0.721. The Hall–Kier alpha value is -2.79. The van der Waals surface area contributed by atoms with Gasteiger partial charge in [-0.3, -0.25) is 4.79 Å². The fourth-order valence-corrected chi connectivity index (χ4v) is 3.08. The predicted octanol–water partition coefficient (Wildman–Crippen LogP) is 4.47. The Morgan fingerprint density at radius 2 is 1.92 bits per heavy atom. The molecule has 0 saturated carbocycles. The number of anilines is 2. The maximum absolute atomic E-state index is 12.5. The van der Waals surface area contributed by atoms with Crippen LogP contribution in [0.25, 0.3) is 0 Å². The molecule has 5 heteroatoms. The van der Waals surface area contributed by atoms with Crippen LogP contribution in [0.15, 0.2) is 59.3 Å². The zero-order valence-electron chi connectivity index (χ0n) is 13.3. The average molecular weight is 338 g/mol. The number of benzene rings is 2. The Bertz CT molecular complexity index is 844. The Morgan fingerprint density at radius 1 is 1.12 bits per heavy atom. The second-order valence-electron chi connectivity index (χ2n) is 5.39. The number of rotatable bonds is 5. The number of ether oxygens (including phenoxy) is 1. The van der Waals surface area contributed by atoms with Crippen molar-refractivity contribution in [3.05, 3.63) is 76.0 Å². The second kappa shape index (κ2) is 7.19. The smallest absolute Gasteiger partial charge is 0.256 e. The van der Waals surface area contributed by atoms with E-state index in [0.717, 1.165) is 22.5 Å². The van der Waals surface area contributed by atoms with Gasteiger partial charge in [0.05, 0.1) is 0 Å². The molecule has 0 aliphatic rings. The highest BCUT2D eigenvalue weighted by molar-refractivity contribution is 7.08. The molecule has 3 aromatic rings. The van der Waals surface area contributed by atoms with Crippen LogP contribution >= 0.6 is 11.3 Å². The van der Waals surface area contributed by atoms with Crippen LogP contribution in [0.2, 0.25) is 0 Å². The molecule has 1 aromatic heterocycles. The molecule has 0 spiro atoms. The van der Waals surface area contributed by atoms with E-state index in [9.17, 15) is 4.79 Å². The zero-order valence-corrected chi connectivity index (χ0v) is 14.1. The molecule has 0 saturated heterocycles. The average Bonchev–Trinajstić information content (AvgIpc) is 3.00. The van der Waals surface area contributed by atoms with Crippen molar-refractivity contribution in [1.82, 2.24) is 0 Å². The lowest BCUT2D eigenvalue weighted by Gasteiger charge is -2.13. The highest BCUT2D eigenvalue weighted by Crippen LogP contribution is 2.25. The SMILES string of the molecule is Cc1c(OCc2cscc2N)cccc1C(=O)Nc1ccccc1. The fraction of sp³-hybridized carbons (Fsp3) is 0.105. The van der Waals surface area contributed by atoms with Gasteiger partial charge in [0.15, 0.2) is 0 Å². The van der Waals surface area contributed by atoms with Gasteiger partial charge in [0.1, 0.15) is 12.4 Å². The van der Waals surface area contributed by atoms with Crippen molar-refractivity contribution in [2.45, 2.75) is 13.5 Å². The van der Waals surface area contributed by atoms with E-state index in [-0.39, 0.29) is 5.91 Å². The zero-order chi connectivity index (χ0) is 16.9. The summed E-state index contributed by atoms with van der Waals surface area (Å²) in [6, 6.07) is 14.8. The van der Waals surface area contributed by atoms with Crippen LogP contribution in [0.5, 0.6) is 5.75 Å². The molecule has 0 atom stereocenters. The summed E-state index contributed by atoms with van der Waals surface area (Å²) < 4.78 is 5.85. The number of para-hydroxylation sites is 1. The third kappa shape index (κ3) is 3.58. The minimum absolute atomic E-state index is 0.154. The Balaban J connectivity index is 1.75. The van der Waals surface area contributed by atoms with Crippen LogP contribution in [-0.4, -0.2) is 5.91 Å². The summed E-state index contributed by atoms with van der Waals surface area (Å²) >= 11 is 1.55. The number of hydrogen-bond acceptors (Lipinski definition) is 4. The first kappa shape index (κ1) is 16.1. The summed E-state index contributed by atoms with van der Waals surface area (Å²) in [7, 11) is 0. The molecule has 2 aromatic carbocycles. The van der Waals surface area contributed by atoms with E-state index in [0.29, 0.717) is 17.9 Å². The lowest BCUT2D eigenvalue weighted by atomic mass is 10.1. The van der Waals surface area contributed by atoms with Crippen molar-refractivity contribution in [3.63, 3.8) is 0 Å². The van der Waals surface area contributed by atoms with Crippen LogP contribution in [0.3, 0.4) is 0 Å². The third-order valence-electron chi connectivity index (χ3n) is 3.72. The number of nitrogens with two attached hydrogens (primary N) is 1. The van der Waals surface area contributed by atoms with E-state index in [4.69, 9.17) is 10.5 Å². The van der Waals surface area contributed by atoms with Gasteiger partial charge in [-0.15, -0.1) is 11.3 Å². The van der Waals surface area contributed by atoms with Gasteiger partial charge in [-0.25, -0.2) is 0 Å². The number of nitrogen functional groups attached to an aromatic ring is 1. The minimum atomic E-state index is -0.154.